The fraction of sp³-hybridized carbons (Fsp3) is 0.290. The number of carbonyl (C=O) groups excluding carboxylic acids is 4. The van der Waals surface area contributed by atoms with Crippen LogP contribution in [0.1, 0.15) is 143 Å². The minimum absolute atomic E-state index is 0.116. The zero-order valence-corrected chi connectivity index (χ0v) is 42.5. The first-order chi connectivity index (χ1) is 38.7. The summed E-state index contributed by atoms with van der Waals surface area (Å²) in [6.45, 7) is 0. The van der Waals surface area contributed by atoms with Gasteiger partial charge in [-0.1, -0.05) is 62.8 Å². The summed E-state index contributed by atoms with van der Waals surface area (Å²) in [6.07, 6.45) is 4.91. The number of benzene rings is 7. The zero-order chi connectivity index (χ0) is 54.4. The summed E-state index contributed by atoms with van der Waals surface area (Å²) in [5, 5.41) is 3.83. The Kier molecular flexibility index (Phi) is 8.72. The van der Waals surface area contributed by atoms with Gasteiger partial charge in [0.15, 0.2) is 0 Å². The van der Waals surface area contributed by atoms with Gasteiger partial charge >= 0.3 is 0 Å². The molecule has 18 heteroatoms. The van der Waals surface area contributed by atoms with E-state index >= 15 is 19.2 Å². The summed E-state index contributed by atoms with van der Waals surface area (Å²) in [6, 6.07) is 13.1. The molecule has 1 unspecified atom stereocenters. The smallest absolute Gasteiger partial charge is 0.261 e. The molecule has 6 atom stereocenters. The molecule has 26 bridgehead atoms. The number of nitrogens with zero attached hydrogens (tertiary/aromatic N) is 6. The highest BCUT2D eigenvalue weighted by Gasteiger charge is 2.47. The van der Waals surface area contributed by atoms with Gasteiger partial charge in [-0.3, -0.25) is 85.6 Å². The maximum absolute atomic E-state index is 15.1. The van der Waals surface area contributed by atoms with Crippen LogP contribution < -0.4 is 44.5 Å². The first kappa shape index (κ1) is 45.7. The topological polar surface area (TPSA) is 231 Å². The normalized spacial score (nSPS) is 23.1. The van der Waals surface area contributed by atoms with Crippen molar-refractivity contribution < 1.29 is 19.2 Å². The molecule has 0 spiro atoms. The van der Waals surface area contributed by atoms with Crippen LogP contribution in [0, 0.1) is 0 Å². The quantitative estimate of drug-likeness (QED) is 0.0910. The summed E-state index contributed by atoms with van der Waals surface area (Å²) in [7, 11) is 0. The molecule has 3 aliphatic carbocycles. The lowest BCUT2D eigenvalue weighted by atomic mass is 9.80. The third kappa shape index (κ3) is 5.30. The van der Waals surface area contributed by atoms with Gasteiger partial charge in [0.05, 0.1) is 79.3 Å². The van der Waals surface area contributed by atoms with Crippen molar-refractivity contribution in [2.24, 2.45) is 0 Å². The maximum Gasteiger partial charge on any atom is 0.261 e. The van der Waals surface area contributed by atoms with Gasteiger partial charge in [0.1, 0.15) is 0 Å². The van der Waals surface area contributed by atoms with E-state index < -0.39 is 104 Å². The molecule has 0 saturated heterocycles. The number of rotatable bonds is 0. The van der Waals surface area contributed by atoms with Crippen molar-refractivity contribution in [2.75, 3.05) is 0 Å². The van der Waals surface area contributed by atoms with Crippen LogP contribution in [-0.4, -0.2) is 63.8 Å². The summed E-state index contributed by atoms with van der Waals surface area (Å²) >= 11 is 0. The standard InChI is InChI=1S/C62H42N6O12/c69-51-29-17-13-25-27-15-19-31-50-32-20-16-28(48(27)50)26-14-18-30(49(29)47(25)26)52(70)63(51)41-7-1-3-9-43(41)65-55(73)33-21-37-38(22-34(33)56(65)74)60(78)67(59(37)77)45-11-5-6-12-46(45)68-61(79)39-23-35-36(24-40(39)62(68)80)58(76)66(57(35)75)44-10-4-2-8-42(44)64(53(31)71)54(32)72/h13-24,41-46H,1-12H2/t41-,42-,43-,44?,45-,46-/m1/s1. The third-order valence-corrected chi connectivity index (χ3v) is 19.7. The number of aromatic nitrogens is 4. The predicted molar refractivity (Wildman–Crippen MR) is 298 cm³/mol. The van der Waals surface area contributed by atoms with E-state index in [9.17, 15) is 38.4 Å². The van der Waals surface area contributed by atoms with Gasteiger partial charge in [-0.2, -0.15) is 0 Å². The predicted octanol–water partition coefficient (Wildman–Crippen LogP) is 6.42. The minimum Gasteiger partial charge on any atom is -0.269 e. The Morgan fingerprint density at radius 1 is 0.237 bits per heavy atom. The van der Waals surface area contributed by atoms with E-state index in [2.05, 4.69) is 0 Å². The molecule has 3 saturated carbocycles. The number of amides is 4. The molecule has 18 nitrogen and oxygen atoms in total. The largest absolute Gasteiger partial charge is 0.269 e. The van der Waals surface area contributed by atoms with Crippen LogP contribution in [0.15, 0.2) is 111 Å². The molecule has 4 aromatic heterocycles. The van der Waals surface area contributed by atoms with Crippen LogP contribution in [-0.2, 0) is 0 Å². The highest BCUT2D eigenvalue weighted by Crippen LogP contribution is 2.48. The molecule has 11 aromatic rings. The summed E-state index contributed by atoms with van der Waals surface area (Å²) in [4.78, 5) is 181. The molecule has 0 N–H and O–H groups in total. The second-order valence-corrected chi connectivity index (χ2v) is 23.2. The number of carbonyl (C=O) groups is 4. The van der Waals surface area contributed by atoms with Crippen molar-refractivity contribution in [3.05, 3.63) is 178 Å². The van der Waals surface area contributed by atoms with Crippen LogP contribution in [0.5, 0.6) is 0 Å². The number of imide groups is 2. The molecule has 20 aliphatic rings. The highest BCUT2D eigenvalue weighted by atomic mass is 16.2. The SMILES string of the molecule is O=C1c2ccc3c4ccc5c6c7ccc(c8ccc(c2c38)C(=O)N1[C@@H]1CCCCC1n1c(=O)c2cc3c(=O)n(c(=O)c3cc2c1=O)[C@@H]1CCCC[C@H]1n1c(=O)c2cc3c(=O)n(c(=O)c3cc2c1=O)[C@@H]1CCCC[C@H]1N(C5=O)C7=O)c64. The molecule has 392 valence electrons. The van der Waals surface area contributed by atoms with Crippen LogP contribution >= 0.6 is 0 Å². The van der Waals surface area contributed by atoms with E-state index in [0.717, 1.165) is 18.3 Å². The average Bonchev–Trinajstić information content (AvgIpc) is 4.19. The fourth-order valence-corrected chi connectivity index (χ4v) is 16.2. The van der Waals surface area contributed by atoms with Crippen LogP contribution in [0.4, 0.5) is 0 Å². The molecule has 17 aliphatic heterocycles. The maximum atomic E-state index is 15.1. The van der Waals surface area contributed by atoms with Gasteiger partial charge in [0.25, 0.3) is 68.1 Å². The van der Waals surface area contributed by atoms with Crippen molar-refractivity contribution in [2.45, 2.75) is 113 Å². The first-order valence-electron chi connectivity index (χ1n) is 27.6. The molecule has 80 heavy (non-hydrogen) atoms. The Labute approximate surface area is 446 Å². The lowest BCUT2D eigenvalue weighted by Crippen LogP contribution is -2.53. The number of hydrogen-bond donors (Lipinski definition) is 0. The van der Waals surface area contributed by atoms with Gasteiger partial charge in [-0.05, 0) is 119 Å². The molecule has 3 fully saturated rings. The molecule has 4 amide bonds. The highest BCUT2D eigenvalue weighted by molar-refractivity contribution is 6.41. The average molecular weight is 1060 g/mol. The molecule has 21 heterocycles. The van der Waals surface area contributed by atoms with Gasteiger partial charge < -0.3 is 0 Å². The van der Waals surface area contributed by atoms with Crippen LogP contribution in [0.3, 0.4) is 0 Å². The fourth-order valence-electron chi connectivity index (χ4n) is 16.2. The zero-order valence-electron chi connectivity index (χ0n) is 42.5. The summed E-state index contributed by atoms with van der Waals surface area (Å²) < 4.78 is 4.16. The first-order valence-corrected chi connectivity index (χ1v) is 27.6. The van der Waals surface area contributed by atoms with E-state index in [1.807, 2.05) is 0 Å². The lowest BCUT2D eigenvalue weighted by Gasteiger charge is -2.41. The van der Waals surface area contributed by atoms with Crippen molar-refractivity contribution in [3.8, 4) is 0 Å². The van der Waals surface area contributed by atoms with Gasteiger partial charge in [-0.25, -0.2) is 0 Å². The molecular weight excluding hydrogens is 1020 g/mol. The lowest BCUT2D eigenvalue weighted by molar-refractivity contribution is 0.0418. The number of hydrogen-bond acceptors (Lipinski definition) is 12. The van der Waals surface area contributed by atoms with Crippen molar-refractivity contribution >= 4 is 110 Å². The Balaban J connectivity index is 0.922. The second kappa shape index (κ2) is 15.3. The molecule has 0 radical (unpaired) electrons. The summed E-state index contributed by atoms with van der Waals surface area (Å²) in [5.41, 5.74) is -5.09. The molecular formula is C62H42N6O12. The van der Waals surface area contributed by atoms with Crippen LogP contribution in [0.25, 0.3) is 86.2 Å². The Morgan fingerprint density at radius 3 is 0.662 bits per heavy atom. The van der Waals surface area contributed by atoms with Gasteiger partial charge in [0, 0.05) is 33.0 Å². The van der Waals surface area contributed by atoms with Crippen molar-refractivity contribution in [3.63, 3.8) is 0 Å². The van der Waals surface area contributed by atoms with E-state index in [1.54, 1.807) is 48.5 Å². The van der Waals surface area contributed by atoms with Crippen molar-refractivity contribution in [1.82, 2.24) is 28.1 Å². The van der Waals surface area contributed by atoms with E-state index in [-0.39, 0.29) is 104 Å². The minimum atomic E-state index is -1.02. The third-order valence-electron chi connectivity index (χ3n) is 19.7. The Bertz CT molecular complexity index is 4720. The Hall–Kier alpha value is -9.32. The monoisotopic (exact) mass is 1060 g/mol. The van der Waals surface area contributed by atoms with Gasteiger partial charge in [0.2, 0.25) is 0 Å². The van der Waals surface area contributed by atoms with E-state index in [1.165, 1.54) is 34.1 Å². The summed E-state index contributed by atoms with van der Waals surface area (Å²) in [5.74, 6) is -2.39. The van der Waals surface area contributed by atoms with Gasteiger partial charge in [-0.15, -0.1) is 0 Å². The van der Waals surface area contributed by atoms with E-state index in [0.29, 0.717) is 81.6 Å². The molecule has 7 aromatic carbocycles. The molecule has 31 rings (SSSR count). The van der Waals surface area contributed by atoms with E-state index in [4.69, 9.17) is 0 Å². The Morgan fingerprint density at radius 2 is 0.438 bits per heavy atom. The van der Waals surface area contributed by atoms with Crippen LogP contribution in [0.2, 0.25) is 0 Å². The second-order valence-electron chi connectivity index (χ2n) is 23.2. The van der Waals surface area contributed by atoms with Crippen molar-refractivity contribution in [1.29, 1.82) is 0 Å².